The maximum Gasteiger partial charge on any atom is 0.315 e. The first-order chi connectivity index (χ1) is 9.69. The van der Waals surface area contributed by atoms with E-state index in [1.54, 1.807) is 0 Å². The topological polar surface area (TPSA) is 64.6 Å². The molecule has 1 unspecified atom stereocenters. The van der Waals surface area contributed by atoms with Crippen molar-refractivity contribution in [3.8, 4) is 0 Å². The van der Waals surface area contributed by atoms with Crippen LogP contribution in [-0.2, 0) is 0 Å². The van der Waals surface area contributed by atoms with Crippen molar-refractivity contribution in [3.63, 3.8) is 0 Å². The van der Waals surface area contributed by atoms with Crippen molar-refractivity contribution < 1.29 is 9.90 Å². The summed E-state index contributed by atoms with van der Waals surface area (Å²) >= 11 is 0. The molecule has 2 rings (SSSR count). The predicted octanol–water partition coefficient (Wildman–Crippen LogP) is 1.47. The zero-order valence-corrected chi connectivity index (χ0v) is 12.7. The molecule has 1 saturated heterocycles. The predicted molar refractivity (Wildman–Crippen MR) is 79.7 cm³/mol. The first-order valence-corrected chi connectivity index (χ1v) is 8.10. The molecule has 2 aliphatic rings. The van der Waals surface area contributed by atoms with E-state index in [1.165, 1.54) is 19.3 Å². The summed E-state index contributed by atoms with van der Waals surface area (Å²) in [6, 6.07) is 0.343. The van der Waals surface area contributed by atoms with E-state index >= 15 is 0 Å². The average Bonchev–Trinajstić information content (AvgIpc) is 2.94. The summed E-state index contributed by atoms with van der Waals surface area (Å²) in [5.41, 5.74) is -0.374. The third-order valence-corrected chi connectivity index (χ3v) is 4.90. The van der Waals surface area contributed by atoms with Gasteiger partial charge in [-0.2, -0.15) is 0 Å². The number of hydrogen-bond donors (Lipinski definition) is 3. The van der Waals surface area contributed by atoms with E-state index in [9.17, 15) is 9.90 Å². The van der Waals surface area contributed by atoms with Crippen molar-refractivity contribution >= 4 is 6.03 Å². The molecule has 20 heavy (non-hydrogen) atoms. The van der Waals surface area contributed by atoms with Crippen molar-refractivity contribution in [1.82, 2.24) is 15.5 Å². The summed E-state index contributed by atoms with van der Waals surface area (Å²) in [5, 5.41) is 15.5. The monoisotopic (exact) mass is 283 g/mol. The summed E-state index contributed by atoms with van der Waals surface area (Å²) in [7, 11) is 0. The number of likely N-dealkylation sites (tertiary alicyclic amines) is 1. The number of nitrogens with one attached hydrogen (secondary N) is 2. The third kappa shape index (κ3) is 3.85. The molecule has 2 fully saturated rings. The van der Waals surface area contributed by atoms with Gasteiger partial charge in [0.1, 0.15) is 0 Å². The first-order valence-electron chi connectivity index (χ1n) is 8.10. The standard InChI is InChI=1S/C15H29N3O2/c1-2-18-10-6-3-7-13(18)11-16-14(20)17-15(12-19)8-4-5-9-15/h13,19H,2-12H2,1H3,(H2,16,17,20). The van der Waals surface area contributed by atoms with E-state index in [4.69, 9.17) is 0 Å². The minimum atomic E-state index is -0.374. The quantitative estimate of drug-likeness (QED) is 0.716. The second-order valence-corrected chi connectivity index (χ2v) is 6.26. The summed E-state index contributed by atoms with van der Waals surface area (Å²) in [6.07, 6.45) is 7.65. The molecule has 0 aromatic carbocycles. The number of carbonyl (C=O) groups is 1. The van der Waals surface area contributed by atoms with Crippen LogP contribution < -0.4 is 10.6 Å². The van der Waals surface area contributed by atoms with E-state index in [0.29, 0.717) is 12.6 Å². The fourth-order valence-electron chi connectivity index (χ4n) is 3.58. The highest BCUT2D eigenvalue weighted by atomic mass is 16.3. The van der Waals surface area contributed by atoms with Crippen LogP contribution in [0.25, 0.3) is 0 Å². The minimum Gasteiger partial charge on any atom is -0.394 e. The van der Waals surface area contributed by atoms with Crippen LogP contribution in [0.15, 0.2) is 0 Å². The average molecular weight is 283 g/mol. The lowest BCUT2D eigenvalue weighted by molar-refractivity contribution is 0.146. The number of urea groups is 1. The molecule has 0 aromatic rings. The van der Waals surface area contributed by atoms with Gasteiger partial charge in [-0.25, -0.2) is 4.79 Å². The summed E-state index contributed by atoms with van der Waals surface area (Å²) in [6.45, 7) is 5.13. The van der Waals surface area contributed by atoms with E-state index in [-0.39, 0.29) is 18.2 Å². The Balaban J connectivity index is 1.76. The molecule has 1 atom stereocenters. The van der Waals surface area contributed by atoms with Crippen LogP contribution in [0.3, 0.4) is 0 Å². The van der Waals surface area contributed by atoms with Crippen molar-refractivity contribution in [3.05, 3.63) is 0 Å². The van der Waals surface area contributed by atoms with Crippen molar-refractivity contribution in [1.29, 1.82) is 0 Å². The molecule has 1 heterocycles. The van der Waals surface area contributed by atoms with Gasteiger partial charge in [-0.05, 0) is 38.8 Å². The van der Waals surface area contributed by atoms with Crippen LogP contribution in [0.1, 0.15) is 51.9 Å². The van der Waals surface area contributed by atoms with E-state index < -0.39 is 0 Å². The Kier molecular flexibility index (Phi) is 5.66. The zero-order chi connectivity index (χ0) is 14.4. The Labute approximate surface area is 122 Å². The molecule has 0 spiro atoms. The Hall–Kier alpha value is -0.810. The molecule has 1 aliphatic carbocycles. The highest BCUT2D eigenvalue weighted by Gasteiger charge is 2.34. The summed E-state index contributed by atoms with van der Waals surface area (Å²) in [5.74, 6) is 0. The fourth-order valence-corrected chi connectivity index (χ4v) is 3.58. The van der Waals surface area contributed by atoms with Gasteiger partial charge in [-0.3, -0.25) is 4.90 Å². The number of aliphatic hydroxyl groups excluding tert-OH is 1. The minimum absolute atomic E-state index is 0.0466. The van der Waals surface area contributed by atoms with Gasteiger partial charge in [-0.15, -0.1) is 0 Å². The lowest BCUT2D eigenvalue weighted by Gasteiger charge is -2.35. The number of rotatable bonds is 5. The summed E-state index contributed by atoms with van der Waals surface area (Å²) < 4.78 is 0. The number of piperidine rings is 1. The highest BCUT2D eigenvalue weighted by Crippen LogP contribution is 2.28. The highest BCUT2D eigenvalue weighted by molar-refractivity contribution is 5.74. The first kappa shape index (κ1) is 15.6. The number of amides is 2. The van der Waals surface area contributed by atoms with Gasteiger partial charge in [0.05, 0.1) is 12.1 Å². The van der Waals surface area contributed by atoms with E-state index in [1.807, 2.05) is 0 Å². The van der Waals surface area contributed by atoms with Gasteiger partial charge in [0.15, 0.2) is 0 Å². The number of carbonyl (C=O) groups excluding carboxylic acids is 1. The number of hydrogen-bond acceptors (Lipinski definition) is 3. The lowest BCUT2D eigenvalue weighted by atomic mass is 9.99. The Morgan fingerprint density at radius 1 is 1.30 bits per heavy atom. The van der Waals surface area contributed by atoms with Crippen molar-refractivity contribution in [2.45, 2.75) is 63.5 Å². The number of nitrogens with zero attached hydrogens (tertiary/aromatic N) is 1. The van der Waals surface area contributed by atoms with Crippen molar-refractivity contribution in [2.24, 2.45) is 0 Å². The van der Waals surface area contributed by atoms with E-state index in [0.717, 1.165) is 38.8 Å². The molecule has 5 heteroatoms. The molecule has 1 aliphatic heterocycles. The number of likely N-dealkylation sites (N-methyl/N-ethyl adjacent to an activating group) is 1. The maximum absolute atomic E-state index is 12.0. The fraction of sp³-hybridized carbons (Fsp3) is 0.933. The Bertz CT molecular complexity index is 316. The third-order valence-electron chi connectivity index (χ3n) is 4.90. The maximum atomic E-state index is 12.0. The van der Waals surface area contributed by atoms with Crippen LogP contribution >= 0.6 is 0 Å². The molecular formula is C15H29N3O2. The molecule has 0 aromatic heterocycles. The Morgan fingerprint density at radius 2 is 2.05 bits per heavy atom. The zero-order valence-electron chi connectivity index (χ0n) is 12.7. The molecule has 1 saturated carbocycles. The van der Waals surface area contributed by atoms with Crippen LogP contribution in [-0.4, -0.2) is 53.9 Å². The van der Waals surface area contributed by atoms with Gasteiger partial charge in [0.2, 0.25) is 0 Å². The smallest absolute Gasteiger partial charge is 0.315 e. The van der Waals surface area contributed by atoms with Gasteiger partial charge >= 0.3 is 6.03 Å². The molecular weight excluding hydrogens is 254 g/mol. The largest absolute Gasteiger partial charge is 0.394 e. The Morgan fingerprint density at radius 3 is 2.70 bits per heavy atom. The summed E-state index contributed by atoms with van der Waals surface area (Å²) in [4.78, 5) is 14.5. The lowest BCUT2D eigenvalue weighted by Crippen LogP contribution is -2.55. The molecule has 2 amide bonds. The van der Waals surface area contributed by atoms with Gasteiger partial charge in [0, 0.05) is 12.6 Å². The molecule has 116 valence electrons. The van der Waals surface area contributed by atoms with Crippen LogP contribution in [0.5, 0.6) is 0 Å². The molecule has 0 bridgehead atoms. The van der Waals surface area contributed by atoms with Crippen molar-refractivity contribution in [2.75, 3.05) is 26.2 Å². The molecule has 3 N–H and O–H groups in total. The SMILES string of the molecule is CCN1CCCCC1CNC(=O)NC1(CO)CCCC1. The van der Waals surface area contributed by atoms with Crippen LogP contribution in [0, 0.1) is 0 Å². The van der Waals surface area contributed by atoms with Crippen LogP contribution in [0.4, 0.5) is 4.79 Å². The van der Waals surface area contributed by atoms with E-state index in [2.05, 4.69) is 22.5 Å². The second-order valence-electron chi connectivity index (χ2n) is 6.26. The molecule has 5 nitrogen and oxygen atoms in total. The molecule has 0 radical (unpaired) electrons. The number of aliphatic hydroxyl groups is 1. The second kappa shape index (κ2) is 7.27. The normalized spacial score (nSPS) is 26.4. The van der Waals surface area contributed by atoms with Gasteiger partial charge in [-0.1, -0.05) is 26.2 Å². The van der Waals surface area contributed by atoms with Gasteiger partial charge < -0.3 is 15.7 Å². The van der Waals surface area contributed by atoms with Crippen LogP contribution in [0.2, 0.25) is 0 Å². The van der Waals surface area contributed by atoms with Gasteiger partial charge in [0.25, 0.3) is 0 Å².